The number of thioether (sulfide) groups is 1. The van der Waals surface area contributed by atoms with Crippen LogP contribution in [0.3, 0.4) is 0 Å². The minimum Gasteiger partial charge on any atom is -0.438 e. The maximum atomic E-state index is 12.5. The molecule has 5 nitrogen and oxygen atoms in total. The second kappa shape index (κ2) is 7.49. The molecule has 0 unspecified atom stereocenters. The van der Waals surface area contributed by atoms with E-state index in [9.17, 15) is 4.79 Å². The van der Waals surface area contributed by atoms with E-state index in [0.717, 1.165) is 23.6 Å². The van der Waals surface area contributed by atoms with Gasteiger partial charge in [-0.2, -0.15) is 4.98 Å². The lowest BCUT2D eigenvalue weighted by atomic mass is 10.2. The lowest BCUT2D eigenvalue weighted by Crippen LogP contribution is -2.26. The summed E-state index contributed by atoms with van der Waals surface area (Å²) in [6, 6.07) is 9.32. The van der Waals surface area contributed by atoms with Gasteiger partial charge in [0.1, 0.15) is 17.1 Å². The minimum atomic E-state index is -0.265. The first kappa shape index (κ1) is 16.5. The van der Waals surface area contributed by atoms with Crippen molar-refractivity contribution < 1.29 is 9.53 Å². The molecule has 124 valence electrons. The van der Waals surface area contributed by atoms with Gasteiger partial charge in [-0.15, -0.1) is 11.8 Å². The monoisotopic (exact) mass is 341 g/mol. The summed E-state index contributed by atoms with van der Waals surface area (Å²) in [5, 5.41) is 2.82. The molecule has 0 saturated heterocycles. The van der Waals surface area contributed by atoms with Crippen molar-refractivity contribution in [2.45, 2.75) is 18.8 Å². The molecule has 3 rings (SSSR count). The predicted molar refractivity (Wildman–Crippen MR) is 95.5 cm³/mol. The number of carbonyl (C=O) groups excluding carboxylic acids is 1. The quantitative estimate of drug-likeness (QED) is 0.831. The van der Waals surface area contributed by atoms with Gasteiger partial charge in [-0.05, 0) is 36.1 Å². The first-order valence-corrected chi connectivity index (χ1v) is 8.99. The third-order valence-corrected chi connectivity index (χ3v) is 4.37. The van der Waals surface area contributed by atoms with Gasteiger partial charge in [0.2, 0.25) is 5.88 Å². The Morgan fingerprint density at radius 1 is 1.38 bits per heavy atom. The van der Waals surface area contributed by atoms with Crippen LogP contribution in [0.5, 0.6) is 11.6 Å². The van der Waals surface area contributed by atoms with Crippen LogP contribution in [0.25, 0.3) is 0 Å². The summed E-state index contributed by atoms with van der Waals surface area (Å²) in [6.07, 6.45) is 5.65. The Hall–Kier alpha value is -2.34. The highest BCUT2D eigenvalue weighted by Crippen LogP contribution is 2.39. The highest BCUT2D eigenvalue weighted by atomic mass is 32.2. The fourth-order valence-corrected chi connectivity index (χ4v) is 2.31. The van der Waals surface area contributed by atoms with E-state index in [4.69, 9.17) is 4.74 Å². The van der Waals surface area contributed by atoms with E-state index in [1.165, 1.54) is 11.8 Å². The van der Waals surface area contributed by atoms with Crippen molar-refractivity contribution in [1.82, 2.24) is 15.3 Å². The SMILES string of the molecule is C=C(CNC(=O)c1cnc(C2CC2)nc1Oc1ccccc1)SC. The first-order valence-electron chi connectivity index (χ1n) is 7.77. The van der Waals surface area contributed by atoms with Gasteiger partial charge in [0.25, 0.3) is 5.91 Å². The molecule has 1 heterocycles. The molecule has 1 fully saturated rings. The first-order chi connectivity index (χ1) is 11.7. The number of nitrogens with zero attached hydrogens (tertiary/aromatic N) is 2. The van der Waals surface area contributed by atoms with E-state index in [0.29, 0.717) is 29.7 Å². The second-order valence-electron chi connectivity index (χ2n) is 5.56. The standard InChI is InChI=1S/C18H19N3O2S/c1-12(24-2)10-20-17(22)15-11-19-16(13-8-9-13)21-18(15)23-14-6-4-3-5-7-14/h3-7,11,13H,1,8-10H2,2H3,(H,20,22). The maximum absolute atomic E-state index is 12.5. The van der Waals surface area contributed by atoms with E-state index in [1.807, 2.05) is 36.6 Å². The van der Waals surface area contributed by atoms with Gasteiger partial charge in [0.05, 0.1) is 0 Å². The van der Waals surface area contributed by atoms with Crippen LogP contribution in [0.15, 0.2) is 48.0 Å². The Morgan fingerprint density at radius 2 is 2.12 bits per heavy atom. The Bertz CT molecular complexity index is 745. The number of benzene rings is 1. The van der Waals surface area contributed by atoms with Gasteiger partial charge >= 0.3 is 0 Å². The number of carbonyl (C=O) groups is 1. The molecule has 0 aliphatic heterocycles. The molecule has 0 spiro atoms. The number of hydrogen-bond acceptors (Lipinski definition) is 5. The molecular formula is C18H19N3O2S. The summed E-state index contributed by atoms with van der Waals surface area (Å²) in [6.45, 7) is 4.26. The molecule has 6 heteroatoms. The number of para-hydroxylation sites is 1. The van der Waals surface area contributed by atoms with E-state index in [1.54, 1.807) is 6.20 Å². The molecule has 1 amide bonds. The lowest BCUT2D eigenvalue weighted by molar-refractivity contribution is 0.0954. The smallest absolute Gasteiger partial charge is 0.258 e. The fourth-order valence-electron chi connectivity index (χ4n) is 2.10. The zero-order chi connectivity index (χ0) is 16.9. The molecule has 1 aromatic heterocycles. The molecule has 1 aromatic carbocycles. The van der Waals surface area contributed by atoms with Crippen molar-refractivity contribution in [3.63, 3.8) is 0 Å². The highest BCUT2D eigenvalue weighted by molar-refractivity contribution is 8.02. The van der Waals surface area contributed by atoms with E-state index >= 15 is 0 Å². The highest BCUT2D eigenvalue weighted by Gasteiger charge is 2.28. The summed E-state index contributed by atoms with van der Waals surface area (Å²) in [5.74, 6) is 1.80. The third kappa shape index (κ3) is 4.14. The van der Waals surface area contributed by atoms with Crippen LogP contribution >= 0.6 is 11.8 Å². The number of hydrogen-bond donors (Lipinski definition) is 1. The zero-order valence-electron chi connectivity index (χ0n) is 13.5. The second-order valence-corrected chi connectivity index (χ2v) is 6.55. The van der Waals surface area contributed by atoms with Gasteiger partial charge in [-0.1, -0.05) is 24.8 Å². The van der Waals surface area contributed by atoms with Crippen LogP contribution in [-0.2, 0) is 0 Å². The Kier molecular flexibility index (Phi) is 5.15. The number of amides is 1. The number of ether oxygens (including phenoxy) is 1. The molecule has 1 saturated carbocycles. The molecule has 0 atom stereocenters. The van der Waals surface area contributed by atoms with Gasteiger partial charge < -0.3 is 10.1 Å². The summed E-state index contributed by atoms with van der Waals surface area (Å²) in [4.78, 5) is 22.1. The molecule has 0 bridgehead atoms. The van der Waals surface area contributed by atoms with Crippen molar-refractivity contribution in [3.8, 4) is 11.6 Å². The van der Waals surface area contributed by atoms with Crippen LogP contribution in [0, 0.1) is 0 Å². The van der Waals surface area contributed by atoms with Crippen LogP contribution in [0.4, 0.5) is 0 Å². The average molecular weight is 341 g/mol. The van der Waals surface area contributed by atoms with Crippen LogP contribution in [0.1, 0.15) is 34.9 Å². The Labute approximate surface area is 145 Å². The third-order valence-electron chi connectivity index (χ3n) is 3.65. The fraction of sp³-hybridized carbons (Fsp3) is 0.278. The van der Waals surface area contributed by atoms with Crippen molar-refractivity contribution in [2.75, 3.05) is 12.8 Å². The molecule has 1 N–H and O–H groups in total. The topological polar surface area (TPSA) is 64.1 Å². The zero-order valence-corrected chi connectivity index (χ0v) is 14.3. The largest absolute Gasteiger partial charge is 0.438 e. The molecular weight excluding hydrogens is 322 g/mol. The minimum absolute atomic E-state index is 0.265. The van der Waals surface area contributed by atoms with Crippen LogP contribution in [0.2, 0.25) is 0 Å². The normalized spacial score (nSPS) is 13.4. The number of nitrogens with one attached hydrogen (secondary N) is 1. The van der Waals surface area contributed by atoms with Gasteiger partial charge in [0, 0.05) is 18.7 Å². The van der Waals surface area contributed by atoms with E-state index in [2.05, 4.69) is 21.9 Å². The molecule has 2 aromatic rings. The number of aromatic nitrogens is 2. The van der Waals surface area contributed by atoms with Crippen molar-refractivity contribution in [2.24, 2.45) is 0 Å². The molecule has 1 aliphatic rings. The van der Waals surface area contributed by atoms with E-state index in [-0.39, 0.29) is 5.91 Å². The Balaban J connectivity index is 1.83. The lowest BCUT2D eigenvalue weighted by Gasteiger charge is -2.11. The van der Waals surface area contributed by atoms with Gasteiger partial charge in [-0.25, -0.2) is 4.98 Å². The van der Waals surface area contributed by atoms with Gasteiger partial charge in [0.15, 0.2) is 0 Å². The predicted octanol–water partition coefficient (Wildman–Crippen LogP) is 3.75. The summed E-state index contributed by atoms with van der Waals surface area (Å²) in [7, 11) is 0. The number of rotatable bonds is 7. The average Bonchev–Trinajstić information content (AvgIpc) is 3.45. The Morgan fingerprint density at radius 3 is 2.79 bits per heavy atom. The molecule has 0 radical (unpaired) electrons. The molecule has 1 aliphatic carbocycles. The summed E-state index contributed by atoms with van der Waals surface area (Å²) >= 11 is 1.51. The van der Waals surface area contributed by atoms with Gasteiger partial charge in [-0.3, -0.25) is 4.79 Å². The van der Waals surface area contributed by atoms with Crippen LogP contribution in [-0.4, -0.2) is 28.7 Å². The van der Waals surface area contributed by atoms with Crippen LogP contribution < -0.4 is 10.1 Å². The van der Waals surface area contributed by atoms with E-state index < -0.39 is 0 Å². The van der Waals surface area contributed by atoms with Crippen molar-refractivity contribution in [1.29, 1.82) is 0 Å². The summed E-state index contributed by atoms with van der Waals surface area (Å²) in [5.41, 5.74) is 0.331. The maximum Gasteiger partial charge on any atom is 0.258 e. The van der Waals surface area contributed by atoms with Crippen molar-refractivity contribution in [3.05, 3.63) is 59.4 Å². The van der Waals surface area contributed by atoms with Crippen molar-refractivity contribution >= 4 is 17.7 Å². The summed E-state index contributed by atoms with van der Waals surface area (Å²) < 4.78 is 5.84. The molecule has 24 heavy (non-hydrogen) atoms.